The second-order valence-corrected chi connectivity index (χ2v) is 4.01. The van der Waals surface area contributed by atoms with Crippen molar-refractivity contribution in [3.8, 4) is 0 Å². The van der Waals surface area contributed by atoms with Crippen LogP contribution in [0.4, 0.5) is 0 Å². The van der Waals surface area contributed by atoms with Crippen LogP contribution in [0.5, 0.6) is 0 Å². The van der Waals surface area contributed by atoms with Gasteiger partial charge in [0.15, 0.2) is 0 Å². The summed E-state index contributed by atoms with van der Waals surface area (Å²) in [5.41, 5.74) is 1.20. The molecule has 1 aliphatic rings. The van der Waals surface area contributed by atoms with Gasteiger partial charge < -0.3 is 9.47 Å². The standard InChI is InChI=1S/C10H11BrO2/c11-9-3-1-8(2-4-9)5-13-10-6-12-7-10/h1-4,10H,5-7H2. The molecule has 1 fully saturated rings. The van der Waals surface area contributed by atoms with Crippen LogP contribution in [0.3, 0.4) is 0 Å². The van der Waals surface area contributed by atoms with Crippen LogP contribution in [-0.4, -0.2) is 19.3 Å². The van der Waals surface area contributed by atoms with Gasteiger partial charge >= 0.3 is 0 Å². The molecule has 2 rings (SSSR count). The zero-order chi connectivity index (χ0) is 9.10. The van der Waals surface area contributed by atoms with E-state index in [4.69, 9.17) is 9.47 Å². The first kappa shape index (κ1) is 9.19. The minimum absolute atomic E-state index is 0.309. The highest BCUT2D eigenvalue weighted by molar-refractivity contribution is 9.10. The zero-order valence-electron chi connectivity index (χ0n) is 7.20. The Kier molecular flexibility index (Phi) is 2.98. The molecule has 0 atom stereocenters. The Labute approximate surface area is 86.0 Å². The lowest BCUT2D eigenvalue weighted by atomic mass is 10.2. The Morgan fingerprint density at radius 1 is 1.31 bits per heavy atom. The SMILES string of the molecule is Brc1ccc(COC2COC2)cc1. The van der Waals surface area contributed by atoms with Gasteiger partial charge in [-0.05, 0) is 17.7 Å². The van der Waals surface area contributed by atoms with E-state index in [2.05, 4.69) is 28.1 Å². The first-order valence-electron chi connectivity index (χ1n) is 4.28. The minimum atomic E-state index is 0.309. The first-order chi connectivity index (χ1) is 6.34. The second kappa shape index (κ2) is 4.22. The van der Waals surface area contributed by atoms with E-state index in [0.29, 0.717) is 12.7 Å². The lowest BCUT2D eigenvalue weighted by Crippen LogP contribution is -2.35. The van der Waals surface area contributed by atoms with Gasteiger partial charge in [0.05, 0.1) is 19.8 Å². The highest BCUT2D eigenvalue weighted by atomic mass is 79.9. The summed E-state index contributed by atoms with van der Waals surface area (Å²) in [5.74, 6) is 0. The van der Waals surface area contributed by atoms with E-state index in [1.165, 1.54) is 5.56 Å². The Bertz CT molecular complexity index is 267. The van der Waals surface area contributed by atoms with Crippen molar-refractivity contribution in [2.75, 3.05) is 13.2 Å². The summed E-state index contributed by atoms with van der Waals surface area (Å²) in [6.07, 6.45) is 0.309. The summed E-state index contributed by atoms with van der Waals surface area (Å²) < 4.78 is 11.7. The van der Waals surface area contributed by atoms with Crippen LogP contribution in [0.15, 0.2) is 28.7 Å². The van der Waals surface area contributed by atoms with Crippen LogP contribution in [0.1, 0.15) is 5.56 Å². The molecule has 0 bridgehead atoms. The van der Waals surface area contributed by atoms with Gasteiger partial charge in [-0.15, -0.1) is 0 Å². The molecule has 1 saturated heterocycles. The maximum atomic E-state index is 5.56. The van der Waals surface area contributed by atoms with Crippen molar-refractivity contribution in [3.05, 3.63) is 34.3 Å². The maximum absolute atomic E-state index is 5.56. The van der Waals surface area contributed by atoms with Gasteiger partial charge in [0, 0.05) is 4.47 Å². The third-order valence-corrected chi connectivity index (χ3v) is 2.54. The average Bonchev–Trinajstić information content (AvgIpc) is 2.05. The van der Waals surface area contributed by atoms with Crippen molar-refractivity contribution in [1.29, 1.82) is 0 Å². The molecule has 0 spiro atoms. The highest BCUT2D eigenvalue weighted by Gasteiger charge is 2.18. The molecule has 0 aromatic heterocycles. The van der Waals surface area contributed by atoms with Crippen LogP contribution in [0, 0.1) is 0 Å². The van der Waals surface area contributed by atoms with Crippen molar-refractivity contribution >= 4 is 15.9 Å². The molecular formula is C10H11BrO2. The molecule has 1 aliphatic heterocycles. The first-order valence-corrected chi connectivity index (χ1v) is 5.08. The summed E-state index contributed by atoms with van der Waals surface area (Å²) in [6, 6.07) is 8.17. The monoisotopic (exact) mass is 242 g/mol. The average molecular weight is 243 g/mol. The van der Waals surface area contributed by atoms with Gasteiger partial charge in [0.1, 0.15) is 6.10 Å². The van der Waals surface area contributed by atoms with Crippen LogP contribution < -0.4 is 0 Å². The predicted octanol–water partition coefficient (Wildman–Crippen LogP) is 2.36. The summed E-state index contributed by atoms with van der Waals surface area (Å²) in [7, 11) is 0. The minimum Gasteiger partial charge on any atom is -0.376 e. The topological polar surface area (TPSA) is 18.5 Å². The molecule has 1 heterocycles. The van der Waals surface area contributed by atoms with Gasteiger partial charge in [-0.25, -0.2) is 0 Å². The van der Waals surface area contributed by atoms with Crippen LogP contribution >= 0.6 is 15.9 Å². The molecule has 0 aliphatic carbocycles. The van der Waals surface area contributed by atoms with Crippen LogP contribution in [0.2, 0.25) is 0 Å². The van der Waals surface area contributed by atoms with E-state index >= 15 is 0 Å². The van der Waals surface area contributed by atoms with E-state index in [1.54, 1.807) is 0 Å². The number of benzene rings is 1. The fourth-order valence-electron chi connectivity index (χ4n) is 1.11. The fourth-order valence-corrected chi connectivity index (χ4v) is 1.37. The third-order valence-electron chi connectivity index (χ3n) is 2.01. The van der Waals surface area contributed by atoms with Crippen LogP contribution in [-0.2, 0) is 16.1 Å². The van der Waals surface area contributed by atoms with Gasteiger partial charge in [0.2, 0.25) is 0 Å². The predicted molar refractivity (Wildman–Crippen MR) is 53.5 cm³/mol. The van der Waals surface area contributed by atoms with Gasteiger partial charge in [-0.3, -0.25) is 0 Å². The normalized spacial score (nSPS) is 17.0. The largest absolute Gasteiger partial charge is 0.376 e. The van der Waals surface area contributed by atoms with E-state index in [1.807, 2.05) is 12.1 Å². The van der Waals surface area contributed by atoms with Crippen molar-refractivity contribution in [1.82, 2.24) is 0 Å². The Morgan fingerprint density at radius 2 is 2.00 bits per heavy atom. The number of hydrogen-bond donors (Lipinski definition) is 0. The van der Waals surface area contributed by atoms with Crippen LogP contribution in [0.25, 0.3) is 0 Å². The van der Waals surface area contributed by atoms with E-state index < -0.39 is 0 Å². The highest BCUT2D eigenvalue weighted by Crippen LogP contribution is 2.13. The lowest BCUT2D eigenvalue weighted by molar-refractivity contribution is -0.135. The van der Waals surface area contributed by atoms with Gasteiger partial charge in [0.25, 0.3) is 0 Å². The molecule has 2 nitrogen and oxygen atoms in total. The molecule has 0 N–H and O–H groups in total. The number of ether oxygens (including phenoxy) is 2. The molecule has 0 unspecified atom stereocenters. The Hall–Kier alpha value is -0.380. The lowest BCUT2D eigenvalue weighted by Gasteiger charge is -2.25. The number of hydrogen-bond acceptors (Lipinski definition) is 2. The van der Waals surface area contributed by atoms with Gasteiger partial charge in [-0.1, -0.05) is 28.1 Å². The molecule has 3 heteroatoms. The molecule has 0 saturated carbocycles. The van der Waals surface area contributed by atoms with Crippen molar-refractivity contribution < 1.29 is 9.47 Å². The molecule has 1 aromatic carbocycles. The Balaban J connectivity index is 1.83. The number of halogens is 1. The summed E-state index contributed by atoms with van der Waals surface area (Å²) in [6.45, 7) is 2.17. The molecule has 1 aromatic rings. The Morgan fingerprint density at radius 3 is 2.54 bits per heavy atom. The molecule has 0 amide bonds. The van der Waals surface area contributed by atoms with E-state index in [0.717, 1.165) is 17.7 Å². The molecule has 13 heavy (non-hydrogen) atoms. The molecular weight excluding hydrogens is 232 g/mol. The van der Waals surface area contributed by atoms with E-state index in [-0.39, 0.29) is 0 Å². The second-order valence-electron chi connectivity index (χ2n) is 3.10. The summed E-state index contributed by atoms with van der Waals surface area (Å²) in [4.78, 5) is 0. The van der Waals surface area contributed by atoms with Crippen molar-refractivity contribution in [2.45, 2.75) is 12.7 Å². The zero-order valence-corrected chi connectivity index (χ0v) is 8.79. The van der Waals surface area contributed by atoms with Crippen molar-refractivity contribution in [2.24, 2.45) is 0 Å². The van der Waals surface area contributed by atoms with E-state index in [9.17, 15) is 0 Å². The number of rotatable bonds is 3. The molecule has 0 radical (unpaired) electrons. The van der Waals surface area contributed by atoms with Crippen molar-refractivity contribution in [3.63, 3.8) is 0 Å². The summed E-state index contributed by atoms with van der Waals surface area (Å²) in [5, 5.41) is 0. The fraction of sp³-hybridized carbons (Fsp3) is 0.400. The van der Waals surface area contributed by atoms with Gasteiger partial charge in [-0.2, -0.15) is 0 Å². The smallest absolute Gasteiger partial charge is 0.105 e. The third kappa shape index (κ3) is 2.53. The molecule has 70 valence electrons. The quantitative estimate of drug-likeness (QED) is 0.811. The maximum Gasteiger partial charge on any atom is 0.105 e. The summed E-state index contributed by atoms with van der Waals surface area (Å²) >= 11 is 3.39.